The first-order valence-corrected chi connectivity index (χ1v) is 18.0. The number of carbonyl (C=O) groups excluding carboxylic acids is 3. The fourth-order valence-corrected chi connectivity index (χ4v) is 7.13. The van der Waals surface area contributed by atoms with Gasteiger partial charge in [0, 0.05) is 23.5 Å². The van der Waals surface area contributed by atoms with Gasteiger partial charge in [0.2, 0.25) is 11.7 Å². The largest absolute Gasteiger partial charge is 0.449 e. The van der Waals surface area contributed by atoms with Crippen molar-refractivity contribution in [2.24, 2.45) is 5.92 Å². The Bertz CT molecular complexity index is 1700. The minimum Gasteiger partial charge on any atom is -0.449 e. The molecule has 0 saturated heterocycles. The van der Waals surface area contributed by atoms with Gasteiger partial charge in [-0.1, -0.05) is 23.7 Å². The number of hydrogen-bond donors (Lipinski definition) is 4. The second kappa shape index (κ2) is 17.5. The third-order valence-corrected chi connectivity index (χ3v) is 10.6. The van der Waals surface area contributed by atoms with E-state index in [0.717, 1.165) is 25.7 Å². The molecular weight excluding hydrogens is 716 g/mol. The number of hydrogen-bond acceptors (Lipinski definition) is 10. The monoisotopic (exact) mass is 751 g/mol. The van der Waals surface area contributed by atoms with E-state index >= 15 is 0 Å². The summed E-state index contributed by atoms with van der Waals surface area (Å²) in [5, 5.41) is 15.4. The van der Waals surface area contributed by atoms with Crippen LogP contribution in [0.2, 0.25) is 5.02 Å². The van der Waals surface area contributed by atoms with Crippen LogP contribution in [-0.4, -0.2) is 67.2 Å². The maximum absolute atomic E-state index is 13.0. The zero-order chi connectivity index (χ0) is 33.3. The Morgan fingerprint density at radius 3 is 2.23 bits per heavy atom. The van der Waals surface area contributed by atoms with Crippen LogP contribution in [0.1, 0.15) is 43.2 Å². The van der Waals surface area contributed by atoms with E-state index in [4.69, 9.17) is 21.3 Å². The molecule has 0 spiro atoms. The number of benzene rings is 2. The third kappa shape index (κ3) is 10.2. The minimum absolute atomic E-state index is 0. The molecule has 16 heteroatoms. The number of amides is 3. The SMILES string of the molecule is CC(=O)NO[As](=O)(OO)c1ccccc1.CN(C)C1CCC(C(=O)Nc2c(C(=O)Nc3ccc(Cl)cn3)oc3ccccc23)CC1.Cl. The van der Waals surface area contributed by atoms with Crippen LogP contribution >= 0.6 is 24.0 Å². The van der Waals surface area contributed by atoms with Crippen molar-refractivity contribution < 1.29 is 35.5 Å². The van der Waals surface area contributed by atoms with Crippen LogP contribution in [0.25, 0.3) is 11.0 Å². The van der Waals surface area contributed by atoms with E-state index < -0.39 is 26.0 Å². The van der Waals surface area contributed by atoms with E-state index in [1.165, 1.54) is 25.3 Å². The van der Waals surface area contributed by atoms with E-state index in [0.29, 0.717) is 33.5 Å². The molecule has 3 amide bonds. The Labute approximate surface area is 285 Å². The van der Waals surface area contributed by atoms with Crippen LogP contribution in [0.5, 0.6) is 0 Å². The molecular formula is C31H36AsCl2N5O8. The average molecular weight is 752 g/mol. The van der Waals surface area contributed by atoms with Crippen molar-refractivity contribution in [2.75, 3.05) is 24.7 Å². The fourth-order valence-electron chi connectivity index (χ4n) is 4.88. The van der Waals surface area contributed by atoms with Crippen LogP contribution in [0.4, 0.5) is 11.5 Å². The summed E-state index contributed by atoms with van der Waals surface area (Å²) in [5.74, 6) is -0.800. The second-order valence-corrected chi connectivity index (χ2v) is 15.1. The molecule has 0 aliphatic heterocycles. The number of rotatable bonds is 9. The molecule has 1 aliphatic rings. The maximum Gasteiger partial charge on any atom is 0.294 e. The van der Waals surface area contributed by atoms with Gasteiger partial charge in [0.25, 0.3) is 5.91 Å². The maximum atomic E-state index is 13.0. The van der Waals surface area contributed by atoms with Crippen molar-refractivity contribution >= 4 is 82.7 Å². The molecule has 4 N–H and O–H groups in total. The zero-order valence-corrected chi connectivity index (χ0v) is 29.3. The van der Waals surface area contributed by atoms with Crippen LogP contribution < -0.4 is 20.5 Å². The van der Waals surface area contributed by atoms with E-state index in [9.17, 15) is 18.1 Å². The van der Waals surface area contributed by atoms with Crippen molar-refractivity contribution in [3.63, 3.8) is 0 Å². The Hall–Kier alpha value is -3.68. The number of carbonyl (C=O) groups is 3. The summed E-state index contributed by atoms with van der Waals surface area (Å²) >= 11 is 1.31. The standard InChI is InChI=1S/C23H25ClN4O3.C8H10AsNO5.ClH/c1-28(2)16-10-7-14(8-11-16)22(29)27-20-17-5-3-4-6-18(17)31-21(20)23(30)26-19-12-9-15(24)13-25-19;1-7(11)10-14-9(12,15-13)8-5-3-2-4-6-8;/h3-6,9,12-14,16H,7-8,10-11H2,1-2H3,(H,27,29)(H,25,26,30);2-6,13H,1H3,(H,10,11);1H. The van der Waals surface area contributed by atoms with E-state index in [-0.39, 0.29) is 34.3 Å². The molecule has 1 fully saturated rings. The first kappa shape index (κ1) is 37.8. The molecule has 13 nitrogen and oxygen atoms in total. The van der Waals surface area contributed by atoms with Gasteiger partial charge < -0.3 is 20.0 Å². The number of furan rings is 1. The molecule has 5 rings (SSSR count). The molecule has 252 valence electrons. The zero-order valence-electron chi connectivity index (χ0n) is 25.8. The van der Waals surface area contributed by atoms with E-state index in [1.807, 2.05) is 23.7 Å². The van der Waals surface area contributed by atoms with Crippen molar-refractivity contribution in [1.82, 2.24) is 15.4 Å². The van der Waals surface area contributed by atoms with Gasteiger partial charge in [-0.25, -0.2) is 4.98 Å². The molecule has 47 heavy (non-hydrogen) atoms. The Kier molecular flexibility index (Phi) is 14.0. The summed E-state index contributed by atoms with van der Waals surface area (Å²) in [6.45, 7) is 1.18. The van der Waals surface area contributed by atoms with Gasteiger partial charge in [-0.2, -0.15) is 0 Å². The van der Waals surface area contributed by atoms with Gasteiger partial charge >= 0.3 is 88.7 Å². The summed E-state index contributed by atoms with van der Waals surface area (Å²) in [5.41, 5.74) is 2.80. The van der Waals surface area contributed by atoms with Gasteiger partial charge in [-0.05, 0) is 64.0 Å². The smallest absolute Gasteiger partial charge is 0.294 e. The predicted octanol–water partition coefficient (Wildman–Crippen LogP) is 5.03. The molecule has 4 aromatic rings. The van der Waals surface area contributed by atoms with Gasteiger partial charge in [-0.15, -0.1) is 12.4 Å². The Morgan fingerprint density at radius 2 is 1.64 bits per heavy atom. The molecule has 2 aromatic carbocycles. The van der Waals surface area contributed by atoms with E-state index in [1.54, 1.807) is 36.4 Å². The summed E-state index contributed by atoms with van der Waals surface area (Å²) in [6.07, 6.45) is 5.05. The molecule has 2 heterocycles. The quantitative estimate of drug-likeness (QED) is 0.103. The fraction of sp³-hybridized carbons (Fsp3) is 0.290. The number of pyridine rings is 1. The number of fused-ring (bicyclic) bond motifs is 1. The van der Waals surface area contributed by atoms with Gasteiger partial charge in [0.15, 0.2) is 0 Å². The predicted molar refractivity (Wildman–Crippen MR) is 180 cm³/mol. The first-order valence-electron chi connectivity index (χ1n) is 14.4. The van der Waals surface area contributed by atoms with Crippen molar-refractivity contribution in [3.8, 4) is 0 Å². The van der Waals surface area contributed by atoms with Gasteiger partial charge in [0.1, 0.15) is 17.1 Å². The molecule has 0 bridgehead atoms. The summed E-state index contributed by atoms with van der Waals surface area (Å²) in [7, 11) is 4.15. The normalized spacial score (nSPS) is 17.0. The minimum atomic E-state index is -4.55. The Balaban J connectivity index is 0.000000318. The van der Waals surface area contributed by atoms with Crippen molar-refractivity contribution in [2.45, 2.75) is 38.6 Å². The number of aromatic nitrogens is 1. The number of para-hydroxylation sites is 1. The summed E-state index contributed by atoms with van der Waals surface area (Å²) in [6, 6.07) is 18.9. The van der Waals surface area contributed by atoms with Crippen LogP contribution in [0.3, 0.4) is 0 Å². The van der Waals surface area contributed by atoms with Crippen LogP contribution in [0.15, 0.2) is 77.3 Å². The van der Waals surface area contributed by atoms with Crippen LogP contribution in [0, 0.1) is 5.92 Å². The molecule has 1 atom stereocenters. The van der Waals surface area contributed by atoms with Crippen LogP contribution in [-0.2, 0) is 21.0 Å². The number of anilines is 2. The topological polar surface area (TPSA) is 172 Å². The molecule has 1 saturated carbocycles. The van der Waals surface area contributed by atoms with Crippen molar-refractivity contribution in [1.29, 1.82) is 0 Å². The molecule has 0 radical (unpaired) electrons. The number of nitrogens with one attached hydrogen (secondary N) is 3. The average Bonchev–Trinajstić information content (AvgIpc) is 3.43. The summed E-state index contributed by atoms with van der Waals surface area (Å²) in [4.78, 5) is 42.8. The Morgan fingerprint density at radius 1 is 0.979 bits per heavy atom. The second-order valence-electron chi connectivity index (χ2n) is 10.7. The van der Waals surface area contributed by atoms with Gasteiger partial charge in [0.05, 0.1) is 5.02 Å². The van der Waals surface area contributed by atoms with E-state index in [2.05, 4.69) is 42.3 Å². The number of hydroxylamine groups is 1. The summed E-state index contributed by atoms with van der Waals surface area (Å²) < 4.78 is 26.3. The third-order valence-electron chi connectivity index (χ3n) is 7.31. The van der Waals surface area contributed by atoms with Crippen molar-refractivity contribution in [3.05, 3.63) is 83.7 Å². The first-order chi connectivity index (χ1) is 22.0. The number of halogens is 2. The molecule has 1 aliphatic carbocycles. The molecule has 2 aromatic heterocycles. The molecule has 1 unspecified atom stereocenters. The van der Waals surface area contributed by atoms with Gasteiger partial charge in [-0.3, -0.25) is 9.59 Å². The number of nitrogens with zero attached hydrogens (tertiary/aromatic N) is 2.